The van der Waals surface area contributed by atoms with Crippen LogP contribution >= 0.6 is 11.3 Å². The molecule has 0 aliphatic heterocycles. The minimum Gasteiger partial charge on any atom is -0.469 e. The van der Waals surface area contributed by atoms with Crippen LogP contribution in [0.1, 0.15) is 24.8 Å². The van der Waals surface area contributed by atoms with Gasteiger partial charge in [0.05, 0.1) is 18.4 Å². The van der Waals surface area contributed by atoms with Gasteiger partial charge < -0.3 is 15.5 Å². The Morgan fingerprint density at radius 1 is 1.63 bits per heavy atom. The van der Waals surface area contributed by atoms with E-state index in [1.165, 1.54) is 11.3 Å². The van der Waals surface area contributed by atoms with Crippen molar-refractivity contribution in [1.29, 1.82) is 0 Å². The van der Waals surface area contributed by atoms with Gasteiger partial charge >= 0.3 is 0 Å². The summed E-state index contributed by atoms with van der Waals surface area (Å²) in [5, 5.41) is 5.25. The van der Waals surface area contributed by atoms with E-state index in [4.69, 9.17) is 10.2 Å². The molecule has 1 atom stereocenters. The third-order valence-electron chi connectivity index (χ3n) is 2.72. The molecular formula is C13H17N3O2S. The van der Waals surface area contributed by atoms with Gasteiger partial charge in [-0.3, -0.25) is 4.79 Å². The summed E-state index contributed by atoms with van der Waals surface area (Å²) >= 11 is 1.35. The van der Waals surface area contributed by atoms with Gasteiger partial charge in [-0.1, -0.05) is 0 Å². The van der Waals surface area contributed by atoms with E-state index < -0.39 is 0 Å². The number of nitrogens with two attached hydrogens (primary N) is 1. The van der Waals surface area contributed by atoms with E-state index in [2.05, 4.69) is 10.3 Å². The second-order valence-corrected chi connectivity index (χ2v) is 5.33. The Kier molecular flexibility index (Phi) is 4.57. The number of thiazole rings is 1. The molecule has 19 heavy (non-hydrogen) atoms. The van der Waals surface area contributed by atoms with Crippen LogP contribution in [0.5, 0.6) is 0 Å². The number of aryl methyl sites for hydroxylation is 1. The summed E-state index contributed by atoms with van der Waals surface area (Å²) in [6, 6.07) is 3.91. The van der Waals surface area contributed by atoms with Crippen LogP contribution in [-0.4, -0.2) is 16.9 Å². The molecule has 2 heterocycles. The smallest absolute Gasteiger partial charge is 0.226 e. The first-order valence-corrected chi connectivity index (χ1v) is 7.03. The number of nitrogens with one attached hydrogen (secondary N) is 1. The zero-order chi connectivity index (χ0) is 13.7. The minimum absolute atomic E-state index is 0.0303. The normalized spacial score (nSPS) is 12.3. The number of nitrogens with zero attached hydrogens (tertiary/aromatic N) is 1. The molecule has 0 aliphatic carbocycles. The Morgan fingerprint density at radius 2 is 2.47 bits per heavy atom. The van der Waals surface area contributed by atoms with Crippen LogP contribution in [-0.2, 0) is 17.6 Å². The van der Waals surface area contributed by atoms with Crippen molar-refractivity contribution in [3.8, 4) is 0 Å². The van der Waals surface area contributed by atoms with Crippen LogP contribution in [0.15, 0.2) is 28.2 Å². The third-order valence-corrected chi connectivity index (χ3v) is 3.45. The number of amides is 1. The maximum atomic E-state index is 11.8. The molecule has 2 aromatic heterocycles. The average Bonchev–Trinajstić information content (AvgIpc) is 2.98. The number of hydrogen-bond donors (Lipinski definition) is 2. The van der Waals surface area contributed by atoms with Gasteiger partial charge in [-0.15, -0.1) is 11.3 Å². The molecule has 3 N–H and O–H groups in total. The number of carbonyl (C=O) groups excluding carboxylic acids is 1. The van der Waals surface area contributed by atoms with Crippen molar-refractivity contribution in [2.75, 3.05) is 5.73 Å². The fourth-order valence-electron chi connectivity index (χ4n) is 1.78. The van der Waals surface area contributed by atoms with Gasteiger partial charge in [-0.05, 0) is 25.5 Å². The van der Waals surface area contributed by atoms with Gasteiger partial charge in [-0.25, -0.2) is 4.98 Å². The molecule has 1 unspecified atom stereocenters. The molecule has 2 aromatic rings. The van der Waals surface area contributed by atoms with Gasteiger partial charge in [0.25, 0.3) is 0 Å². The molecule has 0 aliphatic rings. The molecule has 5 nitrogen and oxygen atoms in total. The molecule has 0 saturated carbocycles. The first-order chi connectivity index (χ1) is 9.13. The fourth-order valence-corrected chi connectivity index (χ4v) is 2.34. The molecule has 6 heteroatoms. The van der Waals surface area contributed by atoms with Crippen LogP contribution in [0.4, 0.5) is 5.13 Å². The number of furan rings is 1. The molecule has 0 spiro atoms. The van der Waals surface area contributed by atoms with E-state index in [0.29, 0.717) is 5.13 Å². The highest BCUT2D eigenvalue weighted by atomic mass is 32.1. The summed E-state index contributed by atoms with van der Waals surface area (Å²) in [7, 11) is 0. The Bertz CT molecular complexity index is 522. The lowest BCUT2D eigenvalue weighted by molar-refractivity contribution is -0.121. The Labute approximate surface area is 115 Å². The van der Waals surface area contributed by atoms with E-state index in [9.17, 15) is 4.79 Å². The summed E-state index contributed by atoms with van der Waals surface area (Å²) in [6.45, 7) is 1.98. The first-order valence-electron chi connectivity index (χ1n) is 6.15. The van der Waals surface area contributed by atoms with Gasteiger partial charge in [0.2, 0.25) is 5.91 Å². The van der Waals surface area contributed by atoms with E-state index >= 15 is 0 Å². The second-order valence-electron chi connectivity index (χ2n) is 4.44. The quantitative estimate of drug-likeness (QED) is 0.847. The van der Waals surface area contributed by atoms with Crippen LogP contribution in [0.2, 0.25) is 0 Å². The highest BCUT2D eigenvalue weighted by Crippen LogP contribution is 2.11. The van der Waals surface area contributed by atoms with Crippen molar-refractivity contribution in [1.82, 2.24) is 10.3 Å². The fraction of sp³-hybridized carbons (Fsp3) is 0.385. The molecule has 0 radical (unpaired) electrons. The summed E-state index contributed by atoms with van der Waals surface area (Å²) in [4.78, 5) is 15.8. The Morgan fingerprint density at radius 3 is 3.11 bits per heavy atom. The summed E-state index contributed by atoms with van der Waals surface area (Å²) in [6.07, 6.45) is 3.60. The van der Waals surface area contributed by atoms with Crippen molar-refractivity contribution < 1.29 is 9.21 Å². The molecule has 0 fully saturated rings. The maximum Gasteiger partial charge on any atom is 0.226 e. The van der Waals surface area contributed by atoms with Crippen molar-refractivity contribution in [2.45, 2.75) is 32.2 Å². The van der Waals surface area contributed by atoms with Crippen LogP contribution in [0.3, 0.4) is 0 Å². The Hall–Kier alpha value is -1.82. The predicted molar refractivity (Wildman–Crippen MR) is 74.9 cm³/mol. The van der Waals surface area contributed by atoms with E-state index in [1.54, 1.807) is 6.26 Å². The second kappa shape index (κ2) is 6.38. The number of rotatable bonds is 6. The largest absolute Gasteiger partial charge is 0.469 e. The zero-order valence-electron chi connectivity index (χ0n) is 10.8. The summed E-state index contributed by atoms with van der Waals surface area (Å²) in [5.41, 5.74) is 6.24. The lowest BCUT2D eigenvalue weighted by atomic mass is 10.1. The molecule has 102 valence electrons. The number of hydrogen-bond acceptors (Lipinski definition) is 5. The molecule has 1 amide bonds. The van der Waals surface area contributed by atoms with E-state index in [-0.39, 0.29) is 18.4 Å². The molecule has 0 saturated heterocycles. The van der Waals surface area contributed by atoms with Crippen LogP contribution in [0.25, 0.3) is 0 Å². The summed E-state index contributed by atoms with van der Waals surface area (Å²) < 4.78 is 5.25. The van der Waals surface area contributed by atoms with Crippen molar-refractivity contribution >= 4 is 22.4 Å². The minimum atomic E-state index is -0.0303. The standard InChI is InChI=1S/C13H17N3O2S/c1-9(4-5-11-3-2-6-18-11)15-12(17)7-10-8-19-13(14)16-10/h2-3,6,8-9H,4-5,7H2,1H3,(H2,14,16)(H,15,17). The SMILES string of the molecule is CC(CCc1ccco1)NC(=O)Cc1csc(N)n1. The Balaban J connectivity index is 1.72. The van der Waals surface area contributed by atoms with Crippen molar-refractivity contribution in [3.05, 3.63) is 35.2 Å². The van der Waals surface area contributed by atoms with Crippen molar-refractivity contribution in [3.63, 3.8) is 0 Å². The highest BCUT2D eigenvalue weighted by molar-refractivity contribution is 7.13. The number of nitrogen functional groups attached to an aromatic ring is 1. The van der Waals surface area contributed by atoms with Gasteiger partial charge in [0.1, 0.15) is 5.76 Å². The third kappa shape index (κ3) is 4.40. The maximum absolute atomic E-state index is 11.8. The lowest BCUT2D eigenvalue weighted by Gasteiger charge is -2.12. The summed E-state index contributed by atoms with van der Waals surface area (Å²) in [5.74, 6) is 0.908. The molecule has 0 aromatic carbocycles. The van der Waals surface area contributed by atoms with Crippen LogP contribution in [0, 0.1) is 0 Å². The monoisotopic (exact) mass is 279 g/mol. The number of carbonyl (C=O) groups is 1. The van der Waals surface area contributed by atoms with Gasteiger partial charge in [0, 0.05) is 17.8 Å². The van der Waals surface area contributed by atoms with Crippen molar-refractivity contribution in [2.24, 2.45) is 0 Å². The predicted octanol–water partition coefficient (Wildman–Crippen LogP) is 2.00. The van der Waals surface area contributed by atoms with Gasteiger partial charge in [-0.2, -0.15) is 0 Å². The first kappa shape index (κ1) is 13.6. The number of anilines is 1. The number of aromatic nitrogens is 1. The molecule has 2 rings (SSSR count). The van der Waals surface area contributed by atoms with E-state index in [0.717, 1.165) is 24.3 Å². The highest BCUT2D eigenvalue weighted by Gasteiger charge is 2.10. The van der Waals surface area contributed by atoms with Crippen LogP contribution < -0.4 is 11.1 Å². The van der Waals surface area contributed by atoms with Gasteiger partial charge in [0.15, 0.2) is 5.13 Å². The lowest BCUT2D eigenvalue weighted by Crippen LogP contribution is -2.34. The van der Waals surface area contributed by atoms with E-state index in [1.807, 2.05) is 24.4 Å². The molecular weight excluding hydrogens is 262 g/mol. The zero-order valence-corrected chi connectivity index (χ0v) is 11.6. The molecule has 0 bridgehead atoms. The topological polar surface area (TPSA) is 81.2 Å². The average molecular weight is 279 g/mol.